The summed E-state index contributed by atoms with van der Waals surface area (Å²) in [6, 6.07) is 15.2. The quantitative estimate of drug-likeness (QED) is 0.900. The third-order valence-electron chi connectivity index (χ3n) is 4.51. The second kappa shape index (κ2) is 7.45. The first-order valence-electron chi connectivity index (χ1n) is 8.18. The number of carbonyl (C=O) groups excluding carboxylic acids is 1. The fraction of sp³-hybridized carbons (Fsp3) is 0.316. The summed E-state index contributed by atoms with van der Waals surface area (Å²) >= 11 is 0. The minimum Gasteiger partial charge on any atom is -0.388 e. The zero-order valence-corrected chi connectivity index (χ0v) is 13.4. The van der Waals surface area contributed by atoms with Crippen molar-refractivity contribution in [1.82, 2.24) is 4.90 Å². The van der Waals surface area contributed by atoms with Crippen LogP contribution in [-0.2, 0) is 0 Å². The molecule has 1 unspecified atom stereocenters. The molecule has 2 aromatic carbocycles. The summed E-state index contributed by atoms with van der Waals surface area (Å²) in [7, 11) is 0. The Morgan fingerprint density at radius 1 is 1.08 bits per heavy atom. The number of urea groups is 1. The molecule has 5 heteroatoms. The first-order chi connectivity index (χ1) is 11.6. The predicted octanol–water partition coefficient (Wildman–Crippen LogP) is 3.80. The number of aliphatic hydroxyl groups is 1. The number of benzene rings is 2. The van der Waals surface area contributed by atoms with Gasteiger partial charge in [-0.25, -0.2) is 9.18 Å². The highest BCUT2D eigenvalue weighted by molar-refractivity contribution is 5.89. The van der Waals surface area contributed by atoms with E-state index >= 15 is 0 Å². The van der Waals surface area contributed by atoms with Crippen LogP contribution in [0.25, 0.3) is 0 Å². The molecule has 1 heterocycles. The number of amides is 2. The van der Waals surface area contributed by atoms with Crippen molar-refractivity contribution in [2.24, 2.45) is 5.92 Å². The SMILES string of the molecule is O=C(Nc1ccc(F)cc1)N1CCC(C(O)c2ccccc2)CC1. The van der Waals surface area contributed by atoms with Crippen molar-refractivity contribution in [3.8, 4) is 0 Å². The molecule has 2 aromatic rings. The third-order valence-corrected chi connectivity index (χ3v) is 4.51. The lowest BCUT2D eigenvalue weighted by Crippen LogP contribution is -2.42. The molecule has 0 radical (unpaired) electrons. The number of hydrogen-bond donors (Lipinski definition) is 2. The second-order valence-electron chi connectivity index (χ2n) is 6.12. The van der Waals surface area contributed by atoms with E-state index in [0.29, 0.717) is 18.8 Å². The van der Waals surface area contributed by atoms with Gasteiger partial charge in [0.05, 0.1) is 6.10 Å². The molecule has 24 heavy (non-hydrogen) atoms. The zero-order valence-electron chi connectivity index (χ0n) is 13.4. The standard InChI is InChI=1S/C19H21FN2O2/c20-16-6-8-17(9-7-16)21-19(24)22-12-10-15(11-13-22)18(23)14-4-2-1-3-5-14/h1-9,15,18,23H,10-13H2,(H,21,24). The van der Waals surface area contributed by atoms with Gasteiger partial charge in [0.2, 0.25) is 0 Å². The van der Waals surface area contributed by atoms with Gasteiger partial charge in [0.25, 0.3) is 0 Å². The number of hydrogen-bond acceptors (Lipinski definition) is 2. The number of halogens is 1. The molecule has 0 saturated carbocycles. The van der Waals surface area contributed by atoms with E-state index in [9.17, 15) is 14.3 Å². The van der Waals surface area contributed by atoms with E-state index in [1.54, 1.807) is 17.0 Å². The number of anilines is 1. The largest absolute Gasteiger partial charge is 0.388 e. The van der Waals surface area contributed by atoms with E-state index in [0.717, 1.165) is 18.4 Å². The summed E-state index contributed by atoms with van der Waals surface area (Å²) in [5, 5.41) is 13.2. The topological polar surface area (TPSA) is 52.6 Å². The van der Waals surface area contributed by atoms with Crippen LogP contribution < -0.4 is 5.32 Å². The number of piperidine rings is 1. The monoisotopic (exact) mass is 328 g/mol. The Labute approximate surface area is 140 Å². The van der Waals surface area contributed by atoms with Crippen molar-refractivity contribution in [3.05, 3.63) is 66.0 Å². The van der Waals surface area contributed by atoms with Gasteiger partial charge in [-0.15, -0.1) is 0 Å². The van der Waals surface area contributed by atoms with Gasteiger partial charge >= 0.3 is 6.03 Å². The molecular weight excluding hydrogens is 307 g/mol. The van der Waals surface area contributed by atoms with Gasteiger partial charge in [-0.1, -0.05) is 30.3 Å². The Morgan fingerprint density at radius 3 is 2.33 bits per heavy atom. The van der Waals surface area contributed by atoms with Crippen LogP contribution in [0.2, 0.25) is 0 Å². The van der Waals surface area contributed by atoms with Crippen molar-refractivity contribution in [2.45, 2.75) is 18.9 Å². The van der Waals surface area contributed by atoms with Gasteiger partial charge < -0.3 is 15.3 Å². The molecule has 0 aromatic heterocycles. The van der Waals surface area contributed by atoms with Gasteiger partial charge in [0, 0.05) is 18.8 Å². The summed E-state index contributed by atoms with van der Waals surface area (Å²) in [4.78, 5) is 14.0. The van der Waals surface area contributed by atoms with Crippen LogP contribution in [0.3, 0.4) is 0 Å². The van der Waals surface area contributed by atoms with Gasteiger partial charge in [-0.3, -0.25) is 0 Å². The highest BCUT2D eigenvalue weighted by Gasteiger charge is 2.28. The molecule has 1 aliphatic rings. The molecule has 2 N–H and O–H groups in total. The van der Waals surface area contributed by atoms with Gasteiger partial charge in [-0.05, 0) is 48.6 Å². The van der Waals surface area contributed by atoms with Crippen molar-refractivity contribution in [2.75, 3.05) is 18.4 Å². The molecule has 0 aliphatic carbocycles. The maximum atomic E-state index is 12.9. The summed E-state index contributed by atoms with van der Waals surface area (Å²) in [5.74, 6) is -0.175. The van der Waals surface area contributed by atoms with Crippen LogP contribution in [0.4, 0.5) is 14.9 Å². The molecular formula is C19H21FN2O2. The first-order valence-corrected chi connectivity index (χ1v) is 8.18. The molecule has 1 aliphatic heterocycles. The first kappa shape index (κ1) is 16.5. The lowest BCUT2D eigenvalue weighted by molar-refractivity contribution is 0.0683. The van der Waals surface area contributed by atoms with Crippen LogP contribution >= 0.6 is 0 Å². The third kappa shape index (κ3) is 3.92. The van der Waals surface area contributed by atoms with E-state index < -0.39 is 6.10 Å². The molecule has 2 amide bonds. The molecule has 126 valence electrons. The van der Waals surface area contributed by atoms with Crippen molar-refractivity contribution >= 4 is 11.7 Å². The van der Waals surface area contributed by atoms with Gasteiger partial charge in [-0.2, -0.15) is 0 Å². The van der Waals surface area contributed by atoms with Crippen molar-refractivity contribution < 1.29 is 14.3 Å². The fourth-order valence-electron chi connectivity index (χ4n) is 3.08. The molecule has 0 spiro atoms. The summed E-state index contributed by atoms with van der Waals surface area (Å²) < 4.78 is 12.9. The lowest BCUT2D eigenvalue weighted by Gasteiger charge is -2.34. The second-order valence-corrected chi connectivity index (χ2v) is 6.12. The minimum atomic E-state index is -0.492. The Bertz CT molecular complexity index is 668. The number of carbonyl (C=O) groups is 1. The number of aliphatic hydroxyl groups excluding tert-OH is 1. The highest BCUT2D eigenvalue weighted by Crippen LogP contribution is 2.30. The Balaban J connectivity index is 1.53. The molecule has 0 bridgehead atoms. The van der Waals surface area contributed by atoms with E-state index in [-0.39, 0.29) is 17.8 Å². The molecule has 3 rings (SSSR count). The van der Waals surface area contributed by atoms with Crippen molar-refractivity contribution in [1.29, 1.82) is 0 Å². The summed E-state index contributed by atoms with van der Waals surface area (Å²) in [6.45, 7) is 1.20. The van der Waals surface area contributed by atoms with E-state index in [2.05, 4.69) is 5.32 Å². The Hall–Kier alpha value is -2.40. The molecule has 1 atom stereocenters. The van der Waals surface area contributed by atoms with Crippen LogP contribution in [0.1, 0.15) is 24.5 Å². The van der Waals surface area contributed by atoms with Crippen LogP contribution in [0.5, 0.6) is 0 Å². The number of rotatable bonds is 3. The van der Waals surface area contributed by atoms with Crippen LogP contribution in [0, 0.1) is 11.7 Å². The average molecular weight is 328 g/mol. The normalized spacial score (nSPS) is 16.7. The predicted molar refractivity (Wildman–Crippen MR) is 91.1 cm³/mol. The van der Waals surface area contributed by atoms with E-state index in [4.69, 9.17) is 0 Å². The summed E-state index contributed by atoms with van der Waals surface area (Å²) in [6.07, 6.45) is 1.02. The zero-order chi connectivity index (χ0) is 16.9. The molecule has 1 saturated heterocycles. The van der Waals surface area contributed by atoms with E-state index in [1.165, 1.54) is 12.1 Å². The maximum Gasteiger partial charge on any atom is 0.321 e. The molecule has 4 nitrogen and oxygen atoms in total. The van der Waals surface area contributed by atoms with Crippen molar-refractivity contribution in [3.63, 3.8) is 0 Å². The van der Waals surface area contributed by atoms with Crippen LogP contribution in [-0.4, -0.2) is 29.1 Å². The number of nitrogens with one attached hydrogen (secondary N) is 1. The Kier molecular flexibility index (Phi) is 5.11. The minimum absolute atomic E-state index is 0.155. The van der Waals surface area contributed by atoms with Gasteiger partial charge in [0.15, 0.2) is 0 Å². The van der Waals surface area contributed by atoms with Gasteiger partial charge in [0.1, 0.15) is 5.82 Å². The van der Waals surface area contributed by atoms with E-state index in [1.807, 2.05) is 30.3 Å². The highest BCUT2D eigenvalue weighted by atomic mass is 19.1. The van der Waals surface area contributed by atoms with Crippen LogP contribution in [0.15, 0.2) is 54.6 Å². The number of nitrogens with zero attached hydrogens (tertiary/aromatic N) is 1. The smallest absolute Gasteiger partial charge is 0.321 e. The molecule has 1 fully saturated rings. The average Bonchev–Trinajstić information content (AvgIpc) is 2.64. The summed E-state index contributed by atoms with van der Waals surface area (Å²) in [5.41, 5.74) is 1.50. The fourth-order valence-corrected chi connectivity index (χ4v) is 3.08. The maximum absolute atomic E-state index is 12.9. The number of likely N-dealkylation sites (tertiary alicyclic amines) is 1. The Morgan fingerprint density at radius 2 is 1.71 bits per heavy atom. The lowest BCUT2D eigenvalue weighted by atomic mass is 9.87.